The van der Waals surface area contributed by atoms with Gasteiger partial charge in [0.15, 0.2) is 0 Å². The summed E-state index contributed by atoms with van der Waals surface area (Å²) in [6.45, 7) is 2.15. The maximum atomic E-state index is 13.1. The molecule has 0 spiro atoms. The van der Waals surface area contributed by atoms with Gasteiger partial charge in [-0.05, 0) is 54.6 Å². The minimum Gasteiger partial charge on any atom is -0.368 e. The van der Waals surface area contributed by atoms with Gasteiger partial charge in [0.05, 0.1) is 9.82 Å². The minimum atomic E-state index is -0.476. The highest BCUT2D eigenvalue weighted by atomic mass is 35.5. The molecule has 1 aliphatic rings. The van der Waals surface area contributed by atoms with Gasteiger partial charge in [-0.15, -0.1) is 0 Å². The highest BCUT2D eigenvalue weighted by Crippen LogP contribution is 2.36. The van der Waals surface area contributed by atoms with Crippen LogP contribution in [0.1, 0.15) is 10.4 Å². The van der Waals surface area contributed by atoms with Gasteiger partial charge in [0.1, 0.15) is 5.82 Å². The summed E-state index contributed by atoms with van der Waals surface area (Å²) in [5.74, 6) is -0.535. The molecule has 1 saturated heterocycles. The Bertz CT molecular complexity index is 1150. The van der Waals surface area contributed by atoms with Gasteiger partial charge in [-0.2, -0.15) is 0 Å². The molecule has 0 N–H and O–H groups in total. The smallest absolute Gasteiger partial charge is 0.284 e. The van der Waals surface area contributed by atoms with Crippen molar-refractivity contribution in [3.8, 4) is 0 Å². The number of piperazine rings is 1. The number of benzene rings is 3. The molecule has 0 aromatic heterocycles. The average Bonchev–Trinajstić information content (AvgIpc) is 2.79. The number of anilines is 1. The molecule has 1 amide bonds. The van der Waals surface area contributed by atoms with Crippen LogP contribution >= 0.6 is 23.4 Å². The maximum Gasteiger partial charge on any atom is 0.284 e. The summed E-state index contributed by atoms with van der Waals surface area (Å²) in [6, 6.07) is 17.9. The van der Waals surface area contributed by atoms with E-state index in [9.17, 15) is 19.3 Å². The quantitative estimate of drug-likeness (QED) is 0.363. The third kappa shape index (κ3) is 5.03. The third-order valence-corrected chi connectivity index (χ3v) is 6.48. The third-order valence-electron chi connectivity index (χ3n) is 5.19. The molecule has 0 saturated carbocycles. The lowest BCUT2D eigenvalue weighted by Crippen LogP contribution is -2.48. The number of carbonyl (C=O) groups is 1. The van der Waals surface area contributed by atoms with Crippen LogP contribution in [0.4, 0.5) is 15.8 Å². The van der Waals surface area contributed by atoms with Crippen LogP contribution in [-0.2, 0) is 0 Å². The number of amides is 1. The molecule has 0 atom stereocenters. The van der Waals surface area contributed by atoms with Crippen molar-refractivity contribution in [1.29, 1.82) is 0 Å². The number of hydrogen-bond acceptors (Lipinski definition) is 5. The van der Waals surface area contributed by atoms with E-state index in [1.54, 1.807) is 47.4 Å². The highest BCUT2D eigenvalue weighted by molar-refractivity contribution is 7.99. The molecule has 164 valence electrons. The minimum absolute atomic E-state index is 0.120. The summed E-state index contributed by atoms with van der Waals surface area (Å²) in [7, 11) is 0. The molecule has 0 aliphatic carbocycles. The number of nitro groups is 1. The predicted octanol–water partition coefficient (Wildman–Crippen LogP) is 5.50. The number of nitro benzene ring substituents is 1. The van der Waals surface area contributed by atoms with E-state index < -0.39 is 4.92 Å². The lowest BCUT2D eigenvalue weighted by Gasteiger charge is -2.36. The Morgan fingerprint density at radius 3 is 2.38 bits per heavy atom. The molecule has 1 aliphatic heterocycles. The van der Waals surface area contributed by atoms with Crippen LogP contribution in [0.5, 0.6) is 0 Å². The number of nitrogens with zero attached hydrogens (tertiary/aromatic N) is 3. The van der Waals surface area contributed by atoms with Crippen LogP contribution in [0, 0.1) is 15.9 Å². The van der Waals surface area contributed by atoms with Gasteiger partial charge >= 0.3 is 0 Å². The van der Waals surface area contributed by atoms with E-state index >= 15 is 0 Å². The molecule has 3 aromatic carbocycles. The largest absolute Gasteiger partial charge is 0.368 e. The first-order valence-corrected chi connectivity index (χ1v) is 11.1. The van der Waals surface area contributed by atoms with Gasteiger partial charge in [-0.1, -0.05) is 29.4 Å². The molecule has 32 heavy (non-hydrogen) atoms. The Morgan fingerprint density at radius 1 is 1.00 bits per heavy atom. The van der Waals surface area contributed by atoms with Gasteiger partial charge in [-0.25, -0.2) is 4.39 Å². The second-order valence-electron chi connectivity index (χ2n) is 7.25. The maximum absolute atomic E-state index is 13.1. The second-order valence-corrected chi connectivity index (χ2v) is 8.81. The number of rotatable bonds is 5. The van der Waals surface area contributed by atoms with E-state index in [4.69, 9.17) is 11.6 Å². The van der Waals surface area contributed by atoms with E-state index in [0.29, 0.717) is 36.1 Å². The first-order valence-electron chi connectivity index (χ1n) is 9.92. The van der Waals surface area contributed by atoms with E-state index in [0.717, 1.165) is 10.6 Å². The number of hydrogen-bond donors (Lipinski definition) is 0. The van der Waals surface area contributed by atoms with Gasteiger partial charge in [0, 0.05) is 53.4 Å². The van der Waals surface area contributed by atoms with Gasteiger partial charge in [0.2, 0.25) is 0 Å². The molecule has 6 nitrogen and oxygen atoms in total. The molecule has 4 rings (SSSR count). The van der Waals surface area contributed by atoms with Crippen molar-refractivity contribution in [2.45, 2.75) is 9.79 Å². The van der Waals surface area contributed by atoms with Crippen LogP contribution in [0.25, 0.3) is 0 Å². The van der Waals surface area contributed by atoms with Crippen LogP contribution in [0.15, 0.2) is 76.5 Å². The zero-order valence-electron chi connectivity index (χ0n) is 16.9. The molecular weight excluding hydrogens is 453 g/mol. The van der Waals surface area contributed by atoms with Crippen molar-refractivity contribution < 1.29 is 14.1 Å². The van der Waals surface area contributed by atoms with Crippen LogP contribution in [0.2, 0.25) is 5.02 Å². The van der Waals surface area contributed by atoms with Crippen molar-refractivity contribution in [3.05, 3.63) is 93.2 Å². The molecule has 1 heterocycles. The Balaban J connectivity index is 1.47. The first kappa shape index (κ1) is 22.1. The highest BCUT2D eigenvalue weighted by Gasteiger charge is 2.25. The molecule has 1 fully saturated rings. The average molecular weight is 472 g/mol. The fourth-order valence-electron chi connectivity index (χ4n) is 3.54. The monoisotopic (exact) mass is 471 g/mol. The molecule has 0 unspecified atom stereocenters. The molecule has 0 bridgehead atoms. The lowest BCUT2D eigenvalue weighted by molar-refractivity contribution is -0.387. The zero-order valence-corrected chi connectivity index (χ0v) is 18.5. The van der Waals surface area contributed by atoms with Crippen LogP contribution in [0.3, 0.4) is 0 Å². The van der Waals surface area contributed by atoms with E-state index in [2.05, 4.69) is 4.90 Å². The zero-order chi connectivity index (χ0) is 22.7. The second kappa shape index (κ2) is 9.58. The SMILES string of the molecule is O=C(c1ccc(Sc2cccc(Cl)c2)c([N+](=O)[O-])c1)N1CCN(c2ccc(F)cc2)CC1. The van der Waals surface area contributed by atoms with Crippen molar-refractivity contribution in [2.75, 3.05) is 31.1 Å². The lowest BCUT2D eigenvalue weighted by atomic mass is 10.1. The molecule has 9 heteroatoms. The fraction of sp³-hybridized carbons (Fsp3) is 0.174. The van der Waals surface area contributed by atoms with Crippen molar-refractivity contribution in [2.24, 2.45) is 0 Å². The standard InChI is InChI=1S/C23H19ClFN3O3S/c24-17-2-1-3-20(15-17)32-22-9-4-16(14-21(22)28(30)31)23(29)27-12-10-26(11-13-27)19-7-5-18(25)6-8-19/h1-9,14-15H,10-13H2. The van der Waals surface area contributed by atoms with Crippen molar-refractivity contribution in [3.63, 3.8) is 0 Å². The molecule has 0 radical (unpaired) electrons. The summed E-state index contributed by atoms with van der Waals surface area (Å²) >= 11 is 7.23. The Labute approximate surface area is 193 Å². The van der Waals surface area contributed by atoms with Gasteiger partial charge in [-0.3, -0.25) is 14.9 Å². The number of carbonyl (C=O) groups excluding carboxylic acids is 1. The normalized spacial score (nSPS) is 13.8. The Kier molecular flexibility index (Phi) is 6.62. The summed E-state index contributed by atoms with van der Waals surface area (Å²) in [6.07, 6.45) is 0. The number of halogens is 2. The van der Waals surface area contributed by atoms with Crippen LogP contribution < -0.4 is 4.90 Å². The predicted molar refractivity (Wildman–Crippen MR) is 123 cm³/mol. The van der Waals surface area contributed by atoms with Gasteiger partial charge in [0.25, 0.3) is 11.6 Å². The van der Waals surface area contributed by atoms with E-state index in [1.807, 2.05) is 6.07 Å². The van der Waals surface area contributed by atoms with E-state index in [1.165, 1.54) is 30.0 Å². The van der Waals surface area contributed by atoms with Crippen LogP contribution in [-0.4, -0.2) is 41.9 Å². The first-order chi connectivity index (χ1) is 15.4. The Morgan fingerprint density at radius 2 is 1.72 bits per heavy atom. The summed E-state index contributed by atoms with van der Waals surface area (Å²) < 4.78 is 13.1. The fourth-order valence-corrected chi connectivity index (χ4v) is 4.75. The summed E-state index contributed by atoms with van der Waals surface area (Å²) in [4.78, 5) is 29.2. The molecular formula is C23H19ClFN3O3S. The molecule has 3 aromatic rings. The van der Waals surface area contributed by atoms with Crippen molar-refractivity contribution >= 4 is 40.6 Å². The van der Waals surface area contributed by atoms with Crippen molar-refractivity contribution in [1.82, 2.24) is 4.90 Å². The summed E-state index contributed by atoms with van der Waals surface area (Å²) in [5, 5.41) is 12.2. The Hall–Kier alpha value is -3.10. The van der Waals surface area contributed by atoms with Gasteiger partial charge < -0.3 is 9.80 Å². The topological polar surface area (TPSA) is 66.7 Å². The van der Waals surface area contributed by atoms with E-state index in [-0.39, 0.29) is 23.0 Å². The summed E-state index contributed by atoms with van der Waals surface area (Å²) in [5.41, 5.74) is 1.06.